The largest absolute Gasteiger partial charge is 0.339 e. The summed E-state index contributed by atoms with van der Waals surface area (Å²) in [7, 11) is 0. The van der Waals surface area contributed by atoms with Crippen LogP contribution in [0.25, 0.3) is 0 Å². The molecule has 100 valence electrons. The number of nitrogens with zero attached hydrogens (tertiary/aromatic N) is 1. The molecular formula is C16H25NO. The van der Waals surface area contributed by atoms with Crippen molar-refractivity contribution in [1.29, 1.82) is 0 Å². The lowest BCUT2D eigenvalue weighted by Crippen LogP contribution is -2.50. The predicted molar refractivity (Wildman–Crippen MR) is 71.0 cm³/mol. The van der Waals surface area contributed by atoms with Crippen LogP contribution in [0.1, 0.15) is 57.8 Å². The minimum atomic E-state index is 0.458. The van der Waals surface area contributed by atoms with Gasteiger partial charge in [-0.3, -0.25) is 4.79 Å². The molecule has 1 aliphatic heterocycles. The second-order valence-electron chi connectivity index (χ2n) is 7.07. The van der Waals surface area contributed by atoms with Gasteiger partial charge in [0.1, 0.15) is 0 Å². The fourth-order valence-electron chi connectivity index (χ4n) is 5.28. The van der Waals surface area contributed by atoms with E-state index in [1.807, 2.05) is 0 Å². The van der Waals surface area contributed by atoms with Crippen LogP contribution < -0.4 is 0 Å². The Bertz CT molecular complexity index is 341. The number of carbonyl (C=O) groups excluding carboxylic acids is 1. The summed E-state index contributed by atoms with van der Waals surface area (Å²) in [6.45, 7) is 1.07. The number of hydrogen-bond acceptors (Lipinski definition) is 1. The van der Waals surface area contributed by atoms with Crippen LogP contribution in [-0.2, 0) is 4.79 Å². The van der Waals surface area contributed by atoms with E-state index in [0.717, 1.165) is 24.3 Å². The molecule has 0 bridgehead atoms. The molecule has 0 radical (unpaired) electrons. The highest BCUT2D eigenvalue weighted by molar-refractivity contribution is 5.83. The fourth-order valence-corrected chi connectivity index (χ4v) is 5.28. The van der Waals surface area contributed by atoms with Crippen LogP contribution in [0.4, 0.5) is 0 Å². The van der Waals surface area contributed by atoms with E-state index in [-0.39, 0.29) is 0 Å². The van der Waals surface area contributed by atoms with Gasteiger partial charge in [-0.1, -0.05) is 19.3 Å². The predicted octanol–water partition coefficient (Wildman–Crippen LogP) is 3.21. The lowest BCUT2D eigenvalue weighted by molar-refractivity contribution is -0.139. The molecule has 1 saturated heterocycles. The van der Waals surface area contributed by atoms with Crippen molar-refractivity contribution in [3.63, 3.8) is 0 Å². The van der Waals surface area contributed by atoms with E-state index in [0.29, 0.717) is 17.9 Å². The molecule has 1 heterocycles. The summed E-state index contributed by atoms with van der Waals surface area (Å²) < 4.78 is 0. The first-order chi connectivity index (χ1) is 8.86. The number of amides is 1. The maximum atomic E-state index is 12.8. The van der Waals surface area contributed by atoms with Crippen molar-refractivity contribution in [1.82, 2.24) is 4.90 Å². The maximum absolute atomic E-state index is 12.8. The van der Waals surface area contributed by atoms with Gasteiger partial charge in [0.2, 0.25) is 5.91 Å². The molecule has 0 N–H and O–H groups in total. The SMILES string of the molecule is O=C(C1C2CCCC21)N1CCCC2CCCCC21. The van der Waals surface area contributed by atoms with E-state index in [1.165, 1.54) is 57.8 Å². The quantitative estimate of drug-likeness (QED) is 0.696. The molecule has 4 rings (SSSR count). The molecule has 2 heteroatoms. The normalized spacial score (nSPS) is 46.4. The van der Waals surface area contributed by atoms with E-state index in [1.54, 1.807) is 0 Å². The molecule has 4 aliphatic rings. The Labute approximate surface area is 110 Å². The zero-order valence-electron chi connectivity index (χ0n) is 11.3. The number of piperidine rings is 1. The summed E-state index contributed by atoms with van der Waals surface area (Å²) in [5, 5.41) is 0. The van der Waals surface area contributed by atoms with Crippen LogP contribution in [0.3, 0.4) is 0 Å². The Morgan fingerprint density at radius 3 is 2.39 bits per heavy atom. The summed E-state index contributed by atoms with van der Waals surface area (Å²) in [4.78, 5) is 15.1. The second kappa shape index (κ2) is 4.25. The van der Waals surface area contributed by atoms with Crippen molar-refractivity contribution in [2.24, 2.45) is 23.7 Å². The Morgan fingerprint density at radius 2 is 1.56 bits per heavy atom. The molecule has 0 aromatic rings. The van der Waals surface area contributed by atoms with Crippen LogP contribution >= 0.6 is 0 Å². The number of hydrogen-bond donors (Lipinski definition) is 0. The minimum Gasteiger partial charge on any atom is -0.339 e. The van der Waals surface area contributed by atoms with Crippen LogP contribution in [-0.4, -0.2) is 23.4 Å². The number of carbonyl (C=O) groups is 1. The van der Waals surface area contributed by atoms with Crippen molar-refractivity contribution in [3.05, 3.63) is 0 Å². The fraction of sp³-hybridized carbons (Fsp3) is 0.938. The highest BCUT2D eigenvalue weighted by Gasteiger charge is 2.58. The topological polar surface area (TPSA) is 20.3 Å². The molecule has 4 fully saturated rings. The molecular weight excluding hydrogens is 222 g/mol. The summed E-state index contributed by atoms with van der Waals surface area (Å²) in [6.07, 6.45) is 12.1. The second-order valence-corrected chi connectivity index (χ2v) is 7.07. The van der Waals surface area contributed by atoms with E-state index in [9.17, 15) is 4.79 Å². The van der Waals surface area contributed by atoms with Gasteiger partial charge in [0, 0.05) is 18.5 Å². The zero-order chi connectivity index (χ0) is 12.1. The Balaban J connectivity index is 1.47. The molecule has 2 nitrogen and oxygen atoms in total. The van der Waals surface area contributed by atoms with Gasteiger partial charge >= 0.3 is 0 Å². The molecule has 18 heavy (non-hydrogen) atoms. The molecule has 0 aromatic heterocycles. The third-order valence-electron chi connectivity index (χ3n) is 6.22. The number of rotatable bonds is 1. The van der Waals surface area contributed by atoms with E-state index < -0.39 is 0 Å². The molecule has 3 saturated carbocycles. The van der Waals surface area contributed by atoms with Crippen LogP contribution in [0, 0.1) is 23.7 Å². The van der Waals surface area contributed by atoms with Crippen LogP contribution in [0.15, 0.2) is 0 Å². The van der Waals surface area contributed by atoms with Crippen molar-refractivity contribution in [2.75, 3.05) is 6.54 Å². The van der Waals surface area contributed by atoms with Gasteiger partial charge in [-0.15, -0.1) is 0 Å². The van der Waals surface area contributed by atoms with Crippen molar-refractivity contribution in [2.45, 2.75) is 63.8 Å². The first-order valence-corrected chi connectivity index (χ1v) is 8.17. The smallest absolute Gasteiger partial charge is 0.226 e. The third-order valence-corrected chi connectivity index (χ3v) is 6.22. The molecule has 0 spiro atoms. The molecule has 4 unspecified atom stereocenters. The van der Waals surface area contributed by atoms with Gasteiger partial charge in [0.05, 0.1) is 0 Å². The van der Waals surface area contributed by atoms with Crippen LogP contribution in [0.2, 0.25) is 0 Å². The third kappa shape index (κ3) is 1.64. The minimum absolute atomic E-state index is 0.458. The lowest BCUT2D eigenvalue weighted by Gasteiger charge is -2.44. The number of fused-ring (bicyclic) bond motifs is 2. The zero-order valence-corrected chi connectivity index (χ0v) is 11.3. The standard InChI is InChI=1S/C16H25NO/c18-16(15-12-7-3-8-13(12)15)17-10-4-6-11-5-1-2-9-14(11)17/h11-15H,1-10H2. The van der Waals surface area contributed by atoms with Crippen LogP contribution in [0.5, 0.6) is 0 Å². The van der Waals surface area contributed by atoms with Gasteiger partial charge in [-0.05, 0) is 56.3 Å². The van der Waals surface area contributed by atoms with E-state index in [4.69, 9.17) is 0 Å². The molecule has 4 atom stereocenters. The van der Waals surface area contributed by atoms with Crippen molar-refractivity contribution < 1.29 is 4.79 Å². The number of likely N-dealkylation sites (tertiary alicyclic amines) is 1. The summed E-state index contributed by atoms with van der Waals surface area (Å²) in [5.74, 6) is 3.44. The Hall–Kier alpha value is -0.530. The Kier molecular flexibility index (Phi) is 2.67. The van der Waals surface area contributed by atoms with Crippen molar-refractivity contribution in [3.8, 4) is 0 Å². The lowest BCUT2D eigenvalue weighted by atomic mass is 9.78. The highest BCUT2D eigenvalue weighted by atomic mass is 16.2. The van der Waals surface area contributed by atoms with Gasteiger partial charge in [0.25, 0.3) is 0 Å². The highest BCUT2D eigenvalue weighted by Crippen LogP contribution is 2.58. The van der Waals surface area contributed by atoms with Gasteiger partial charge in [-0.2, -0.15) is 0 Å². The van der Waals surface area contributed by atoms with Gasteiger partial charge in [0.15, 0.2) is 0 Å². The van der Waals surface area contributed by atoms with E-state index in [2.05, 4.69) is 4.90 Å². The Morgan fingerprint density at radius 1 is 0.833 bits per heavy atom. The monoisotopic (exact) mass is 247 g/mol. The summed E-state index contributed by atoms with van der Waals surface area (Å²) in [5.41, 5.74) is 0. The molecule has 3 aliphatic carbocycles. The average Bonchev–Trinajstić information content (AvgIpc) is 2.90. The van der Waals surface area contributed by atoms with E-state index >= 15 is 0 Å². The molecule has 1 amide bonds. The van der Waals surface area contributed by atoms with Gasteiger partial charge < -0.3 is 4.90 Å². The first kappa shape index (κ1) is 11.3. The average molecular weight is 247 g/mol. The summed E-state index contributed by atoms with van der Waals surface area (Å²) >= 11 is 0. The van der Waals surface area contributed by atoms with Crippen molar-refractivity contribution >= 4 is 5.91 Å². The van der Waals surface area contributed by atoms with Gasteiger partial charge in [-0.25, -0.2) is 0 Å². The molecule has 0 aromatic carbocycles. The maximum Gasteiger partial charge on any atom is 0.226 e. The first-order valence-electron chi connectivity index (χ1n) is 8.17. The summed E-state index contributed by atoms with van der Waals surface area (Å²) in [6, 6.07) is 0.626.